The molecule has 7 nitrogen and oxygen atoms in total. The fraction of sp³-hybridized carbons (Fsp3) is 0.115. The summed E-state index contributed by atoms with van der Waals surface area (Å²) in [6, 6.07) is 20.4. The Hall–Kier alpha value is -4.17. The molecule has 1 N–H and O–H groups in total. The van der Waals surface area contributed by atoms with Gasteiger partial charge in [-0.25, -0.2) is 4.98 Å². The van der Waals surface area contributed by atoms with Gasteiger partial charge in [0, 0.05) is 5.56 Å². The van der Waals surface area contributed by atoms with E-state index in [2.05, 4.69) is 4.98 Å². The van der Waals surface area contributed by atoms with E-state index in [9.17, 15) is 14.7 Å². The number of hydrogen-bond acceptors (Lipinski definition) is 7. The van der Waals surface area contributed by atoms with Crippen molar-refractivity contribution in [1.82, 2.24) is 4.98 Å². The minimum absolute atomic E-state index is 0.0122. The van der Waals surface area contributed by atoms with Gasteiger partial charge >= 0.3 is 5.91 Å². The van der Waals surface area contributed by atoms with Crippen LogP contribution < -0.4 is 14.4 Å². The molecule has 1 aliphatic rings. The molecule has 8 heteroatoms. The average Bonchev–Trinajstić information content (AvgIpc) is 3.41. The van der Waals surface area contributed by atoms with Crippen LogP contribution in [0.5, 0.6) is 11.5 Å². The van der Waals surface area contributed by atoms with Crippen LogP contribution in [0.25, 0.3) is 16.0 Å². The summed E-state index contributed by atoms with van der Waals surface area (Å²) in [5.41, 5.74) is 1.80. The van der Waals surface area contributed by atoms with Crippen molar-refractivity contribution in [3.63, 3.8) is 0 Å². The number of benzene rings is 3. The van der Waals surface area contributed by atoms with E-state index in [-0.39, 0.29) is 11.3 Å². The molecule has 5 rings (SSSR count). The van der Waals surface area contributed by atoms with E-state index in [0.717, 1.165) is 4.70 Å². The fourth-order valence-electron chi connectivity index (χ4n) is 4.01. The first-order chi connectivity index (χ1) is 16.5. The number of anilines is 1. The number of Topliss-reactive ketones (excluding diaryl/α,β-unsaturated/α-hetero) is 1. The molecule has 4 aromatic rings. The topological polar surface area (TPSA) is 89.0 Å². The second kappa shape index (κ2) is 8.64. The van der Waals surface area contributed by atoms with Crippen molar-refractivity contribution in [2.75, 3.05) is 19.1 Å². The molecule has 0 aliphatic carbocycles. The van der Waals surface area contributed by atoms with Gasteiger partial charge in [-0.2, -0.15) is 0 Å². The molecule has 1 unspecified atom stereocenters. The van der Waals surface area contributed by atoms with Gasteiger partial charge < -0.3 is 14.6 Å². The number of nitrogens with zero attached hydrogens (tertiary/aromatic N) is 2. The van der Waals surface area contributed by atoms with E-state index in [0.29, 0.717) is 33.3 Å². The third kappa shape index (κ3) is 3.58. The Bertz CT molecular complexity index is 1430. The van der Waals surface area contributed by atoms with Crippen LogP contribution in [0.15, 0.2) is 78.4 Å². The summed E-state index contributed by atoms with van der Waals surface area (Å²) in [6.07, 6.45) is 0. The number of carbonyl (C=O) groups is 2. The first-order valence-corrected chi connectivity index (χ1v) is 11.3. The molecule has 170 valence electrons. The van der Waals surface area contributed by atoms with Crippen LogP contribution in [-0.2, 0) is 9.59 Å². The lowest BCUT2D eigenvalue weighted by Crippen LogP contribution is -2.29. The highest BCUT2D eigenvalue weighted by molar-refractivity contribution is 7.22. The van der Waals surface area contributed by atoms with E-state index in [1.807, 2.05) is 36.4 Å². The van der Waals surface area contributed by atoms with Crippen LogP contribution in [0.3, 0.4) is 0 Å². The van der Waals surface area contributed by atoms with E-state index in [1.165, 1.54) is 16.2 Å². The summed E-state index contributed by atoms with van der Waals surface area (Å²) < 4.78 is 11.3. The number of methoxy groups -OCH3 is 2. The predicted molar refractivity (Wildman–Crippen MR) is 130 cm³/mol. The van der Waals surface area contributed by atoms with Crippen LogP contribution in [0.4, 0.5) is 5.13 Å². The van der Waals surface area contributed by atoms with Crippen LogP contribution in [0.1, 0.15) is 17.2 Å². The zero-order valence-corrected chi connectivity index (χ0v) is 19.2. The number of amides is 1. The number of aliphatic hydroxyl groups excluding tert-OH is 1. The molecule has 0 radical (unpaired) electrons. The molecule has 0 bridgehead atoms. The van der Waals surface area contributed by atoms with Crippen LogP contribution in [0.2, 0.25) is 0 Å². The molecule has 0 spiro atoms. The van der Waals surface area contributed by atoms with Gasteiger partial charge in [0.2, 0.25) is 0 Å². The molecule has 1 aliphatic heterocycles. The summed E-state index contributed by atoms with van der Waals surface area (Å²) in [5.74, 6) is -0.473. The van der Waals surface area contributed by atoms with Crippen molar-refractivity contribution >= 4 is 44.1 Å². The second-order valence-corrected chi connectivity index (χ2v) is 8.65. The first-order valence-electron chi connectivity index (χ1n) is 10.5. The van der Waals surface area contributed by atoms with Crippen LogP contribution in [-0.4, -0.2) is 36.0 Å². The van der Waals surface area contributed by atoms with Gasteiger partial charge in [0.25, 0.3) is 5.78 Å². The van der Waals surface area contributed by atoms with Gasteiger partial charge in [0.05, 0.1) is 36.1 Å². The van der Waals surface area contributed by atoms with Gasteiger partial charge in [-0.15, -0.1) is 0 Å². The molecule has 2 heterocycles. The van der Waals surface area contributed by atoms with Crippen molar-refractivity contribution in [3.8, 4) is 11.5 Å². The highest BCUT2D eigenvalue weighted by atomic mass is 32.1. The smallest absolute Gasteiger partial charge is 0.301 e. The number of rotatable bonds is 5. The average molecular weight is 473 g/mol. The van der Waals surface area contributed by atoms with E-state index in [1.54, 1.807) is 50.6 Å². The van der Waals surface area contributed by atoms with Gasteiger partial charge in [-0.1, -0.05) is 41.7 Å². The number of fused-ring (bicyclic) bond motifs is 1. The normalized spacial score (nSPS) is 17.4. The molecular weight excluding hydrogens is 452 g/mol. The Morgan fingerprint density at radius 2 is 1.62 bits per heavy atom. The lowest BCUT2D eigenvalue weighted by Gasteiger charge is -2.22. The zero-order chi connectivity index (χ0) is 23.8. The van der Waals surface area contributed by atoms with Crippen molar-refractivity contribution in [2.24, 2.45) is 0 Å². The number of aromatic nitrogens is 1. The predicted octanol–water partition coefficient (Wildman–Crippen LogP) is 4.94. The van der Waals surface area contributed by atoms with E-state index >= 15 is 0 Å². The minimum Gasteiger partial charge on any atom is -0.507 e. The largest absolute Gasteiger partial charge is 0.507 e. The molecule has 1 saturated heterocycles. The minimum atomic E-state index is -0.828. The first kappa shape index (κ1) is 21.7. The summed E-state index contributed by atoms with van der Waals surface area (Å²) in [5, 5.41) is 11.6. The van der Waals surface area contributed by atoms with E-state index in [4.69, 9.17) is 9.47 Å². The lowest BCUT2D eigenvalue weighted by molar-refractivity contribution is -0.132. The Labute approximate surface area is 199 Å². The lowest BCUT2D eigenvalue weighted by atomic mass is 9.95. The van der Waals surface area contributed by atoms with Crippen LogP contribution in [0, 0.1) is 0 Å². The summed E-state index contributed by atoms with van der Waals surface area (Å²) in [7, 11) is 3.12. The molecule has 1 amide bonds. The maximum Gasteiger partial charge on any atom is 0.301 e. The third-order valence-corrected chi connectivity index (χ3v) is 6.73. The number of hydrogen-bond donors (Lipinski definition) is 1. The standard InChI is InChI=1S/C26H20N2O5S/c1-32-17-10-8-16(9-11-17)23(29)21-22(15-6-4-3-5-7-15)28(25(31)24(21)30)26-27-19-13-12-18(33-2)14-20(19)34-26/h3-14,22,29H,1-2H3/b23-21+. The van der Waals surface area contributed by atoms with Crippen molar-refractivity contribution in [1.29, 1.82) is 0 Å². The molecule has 1 atom stereocenters. The van der Waals surface area contributed by atoms with E-state index < -0.39 is 17.7 Å². The molecule has 1 aromatic heterocycles. The quantitative estimate of drug-likeness (QED) is 0.251. The van der Waals surface area contributed by atoms with Crippen molar-refractivity contribution in [3.05, 3.63) is 89.5 Å². The molecular formula is C26H20N2O5S. The van der Waals surface area contributed by atoms with Gasteiger partial charge in [0.15, 0.2) is 5.13 Å². The maximum absolute atomic E-state index is 13.3. The zero-order valence-electron chi connectivity index (χ0n) is 18.4. The van der Waals surface area contributed by atoms with Gasteiger partial charge in [0.1, 0.15) is 17.3 Å². The maximum atomic E-state index is 13.3. The third-order valence-electron chi connectivity index (χ3n) is 5.71. The Morgan fingerprint density at radius 1 is 0.941 bits per heavy atom. The fourth-order valence-corrected chi connectivity index (χ4v) is 5.03. The van der Waals surface area contributed by atoms with Gasteiger partial charge in [-0.3, -0.25) is 14.5 Å². The molecule has 1 fully saturated rings. The number of ketones is 1. The summed E-state index contributed by atoms with van der Waals surface area (Å²) in [6.45, 7) is 0. The number of aliphatic hydroxyl groups is 1. The van der Waals surface area contributed by atoms with Crippen LogP contribution >= 0.6 is 11.3 Å². The Balaban J connectivity index is 1.69. The number of ether oxygens (including phenoxy) is 2. The summed E-state index contributed by atoms with van der Waals surface area (Å²) in [4.78, 5) is 32.5. The highest BCUT2D eigenvalue weighted by Gasteiger charge is 2.48. The van der Waals surface area contributed by atoms with Crippen molar-refractivity contribution in [2.45, 2.75) is 6.04 Å². The Morgan fingerprint density at radius 3 is 2.29 bits per heavy atom. The Kier molecular flexibility index (Phi) is 5.51. The number of thiazole rings is 1. The molecule has 0 saturated carbocycles. The monoisotopic (exact) mass is 472 g/mol. The van der Waals surface area contributed by atoms with Crippen molar-refractivity contribution < 1.29 is 24.2 Å². The number of carbonyl (C=O) groups excluding carboxylic acids is 2. The second-order valence-electron chi connectivity index (χ2n) is 7.64. The molecule has 3 aromatic carbocycles. The summed E-state index contributed by atoms with van der Waals surface area (Å²) >= 11 is 1.28. The highest BCUT2D eigenvalue weighted by Crippen LogP contribution is 2.44. The van der Waals surface area contributed by atoms with Gasteiger partial charge in [-0.05, 0) is 48.0 Å². The molecule has 34 heavy (non-hydrogen) atoms. The SMILES string of the molecule is COc1ccc(/C(O)=C2\C(=O)C(=O)N(c3nc4ccc(OC)cc4s3)C2c2ccccc2)cc1.